The minimum atomic E-state index is -3.67. The number of hydrogen-bond acceptors (Lipinski definition) is 9. The number of rotatable bonds is 5. The Balaban J connectivity index is 0.000000556. The van der Waals surface area contributed by atoms with E-state index >= 15 is 0 Å². The van der Waals surface area contributed by atoms with E-state index in [-0.39, 0.29) is 0 Å². The van der Waals surface area contributed by atoms with Gasteiger partial charge in [-0.3, -0.25) is 19.0 Å². The lowest BCUT2D eigenvalue weighted by atomic mass is 10.0. The van der Waals surface area contributed by atoms with Crippen LogP contribution in [0.5, 0.6) is 0 Å². The Morgan fingerprint density at radius 3 is 2.53 bits per heavy atom. The normalized spacial score (nSPS) is 15.9. The van der Waals surface area contributed by atoms with Crippen molar-refractivity contribution in [2.45, 2.75) is 6.54 Å². The molecule has 2 aromatic heterocycles. The Bertz CT molecular complexity index is 1340. The molecule has 36 heavy (non-hydrogen) atoms. The van der Waals surface area contributed by atoms with Crippen molar-refractivity contribution in [2.24, 2.45) is 4.99 Å². The van der Waals surface area contributed by atoms with Gasteiger partial charge in [-0.25, -0.2) is 0 Å². The molecule has 0 radical (unpaired) electrons. The monoisotopic (exact) mass is 632 g/mol. The summed E-state index contributed by atoms with van der Waals surface area (Å²) >= 11 is 13.8. The summed E-state index contributed by atoms with van der Waals surface area (Å²) in [6.45, 7) is 5.61. The summed E-state index contributed by atoms with van der Waals surface area (Å²) in [4.78, 5) is 9.80. The van der Waals surface area contributed by atoms with E-state index in [1.807, 2.05) is 36.0 Å². The Kier molecular flexibility index (Phi) is 9.13. The second kappa shape index (κ2) is 11.9. The van der Waals surface area contributed by atoms with Crippen molar-refractivity contribution in [2.75, 3.05) is 55.9 Å². The summed E-state index contributed by atoms with van der Waals surface area (Å²) in [5, 5.41) is 10.9. The van der Waals surface area contributed by atoms with Crippen molar-refractivity contribution in [3.63, 3.8) is 0 Å². The minimum Gasteiger partial charge on any atom is -0.338 e. The van der Waals surface area contributed by atoms with Crippen LogP contribution in [0, 0.1) is 0 Å². The molecule has 0 aliphatic carbocycles. The van der Waals surface area contributed by atoms with Crippen molar-refractivity contribution in [3.05, 3.63) is 56.1 Å². The Morgan fingerprint density at radius 2 is 1.86 bits per heavy atom. The highest BCUT2D eigenvalue weighted by Crippen LogP contribution is 2.38. The number of hydrogen-bond donors (Lipinski definition) is 1. The molecule has 5 rings (SSSR count). The first kappa shape index (κ1) is 27.6. The average molecular weight is 634 g/mol. The third-order valence-corrected chi connectivity index (χ3v) is 8.17. The number of aromatic nitrogens is 3. The van der Waals surface area contributed by atoms with E-state index < -0.39 is 10.1 Å². The Hall–Kier alpha value is -1.48. The van der Waals surface area contributed by atoms with Gasteiger partial charge in [-0.05, 0) is 34.3 Å². The largest absolute Gasteiger partial charge is 0.338 e. The lowest BCUT2D eigenvalue weighted by molar-refractivity contribution is 0.271. The maximum atomic E-state index is 9.19. The van der Waals surface area contributed by atoms with Crippen LogP contribution in [0.2, 0.25) is 5.02 Å². The van der Waals surface area contributed by atoms with E-state index in [4.69, 9.17) is 21.1 Å². The highest BCUT2D eigenvalue weighted by Gasteiger charge is 2.29. The number of piperazine rings is 1. The van der Waals surface area contributed by atoms with Crippen LogP contribution in [0.25, 0.3) is 5.00 Å². The second-order valence-corrected chi connectivity index (χ2v) is 13.5. The number of thiophene rings is 1. The van der Waals surface area contributed by atoms with Gasteiger partial charge >= 0.3 is 0 Å². The summed E-state index contributed by atoms with van der Waals surface area (Å²) in [6, 6.07) is 10.0. The number of halogens is 2. The molecule has 9 nitrogen and oxygen atoms in total. The molecule has 1 N–H and O–H groups in total. The first-order chi connectivity index (χ1) is 17.2. The molecule has 1 fully saturated rings. The van der Waals surface area contributed by atoms with Crippen molar-refractivity contribution in [1.82, 2.24) is 19.7 Å². The molecule has 0 unspecified atom stereocenters. The maximum absolute atomic E-state index is 9.19. The van der Waals surface area contributed by atoms with Crippen LogP contribution in [-0.2, 0) is 16.7 Å². The van der Waals surface area contributed by atoms with Gasteiger partial charge in [0.15, 0.2) is 5.82 Å². The molecule has 4 heterocycles. The number of aliphatic imine (C=N–C) groups is 1. The van der Waals surface area contributed by atoms with E-state index in [9.17, 15) is 8.42 Å². The fourth-order valence-corrected chi connectivity index (χ4v) is 6.28. The van der Waals surface area contributed by atoms with Crippen LogP contribution < -0.4 is 4.90 Å². The number of benzene rings is 1. The standard InChI is InChI=1S/C21H22BrClN6S2.CH4O3S/c1-30-11-10-27-6-8-28(9-7-27)21-26-25-18-13-24-19(14-4-2-3-5-16(14)23)15-12-17(22)31-20(15)29(18)21;1-5(2,3)4/h2-5,12H,6-11,13H2,1H3;1H3,(H,2,3,4). The summed E-state index contributed by atoms with van der Waals surface area (Å²) in [5.41, 5.74) is 2.91. The summed E-state index contributed by atoms with van der Waals surface area (Å²) in [5.74, 6) is 2.94. The third-order valence-electron chi connectivity index (χ3n) is 5.63. The minimum absolute atomic E-state index is 0.472. The first-order valence-electron chi connectivity index (χ1n) is 11.1. The van der Waals surface area contributed by atoms with E-state index in [0.717, 1.165) is 70.1 Å². The molecule has 0 atom stereocenters. The Morgan fingerprint density at radius 1 is 1.17 bits per heavy atom. The molecule has 0 saturated carbocycles. The number of nitrogens with zero attached hydrogens (tertiary/aromatic N) is 6. The molecule has 0 spiro atoms. The molecule has 0 bridgehead atoms. The summed E-state index contributed by atoms with van der Waals surface area (Å²) < 4.78 is 29.1. The van der Waals surface area contributed by atoms with E-state index in [0.29, 0.717) is 17.8 Å². The van der Waals surface area contributed by atoms with E-state index in [1.54, 1.807) is 11.3 Å². The fraction of sp³-hybridized carbons (Fsp3) is 0.409. The number of anilines is 1. The highest BCUT2D eigenvalue weighted by molar-refractivity contribution is 9.11. The third kappa shape index (κ3) is 6.69. The Labute approximate surface area is 232 Å². The summed E-state index contributed by atoms with van der Waals surface area (Å²) in [7, 11) is -3.67. The van der Waals surface area contributed by atoms with Gasteiger partial charge < -0.3 is 4.90 Å². The number of fused-ring (bicyclic) bond motifs is 3. The van der Waals surface area contributed by atoms with Crippen molar-refractivity contribution in [3.8, 4) is 5.00 Å². The highest BCUT2D eigenvalue weighted by atomic mass is 79.9. The molecule has 1 aromatic carbocycles. The zero-order valence-corrected chi connectivity index (χ0v) is 24.6. The van der Waals surface area contributed by atoms with Gasteiger partial charge in [0, 0.05) is 54.6 Å². The second-order valence-electron chi connectivity index (χ2n) is 8.22. The first-order valence-corrected chi connectivity index (χ1v) is 16.3. The van der Waals surface area contributed by atoms with Gasteiger partial charge in [-0.15, -0.1) is 21.5 Å². The van der Waals surface area contributed by atoms with Crippen molar-refractivity contribution >= 4 is 72.4 Å². The lowest BCUT2D eigenvalue weighted by Gasteiger charge is -2.35. The van der Waals surface area contributed by atoms with Gasteiger partial charge in [0.2, 0.25) is 5.95 Å². The molecule has 2 aliphatic rings. The van der Waals surface area contributed by atoms with Gasteiger partial charge in [-0.1, -0.05) is 29.8 Å². The topological polar surface area (TPSA) is 104 Å². The van der Waals surface area contributed by atoms with Crippen LogP contribution in [-0.4, -0.2) is 89.3 Å². The predicted molar refractivity (Wildman–Crippen MR) is 152 cm³/mol. The van der Waals surface area contributed by atoms with Crippen LogP contribution in [0.3, 0.4) is 0 Å². The van der Waals surface area contributed by atoms with Gasteiger partial charge in [0.05, 0.1) is 15.8 Å². The lowest BCUT2D eigenvalue weighted by Crippen LogP contribution is -2.47. The molecule has 194 valence electrons. The van der Waals surface area contributed by atoms with E-state index in [2.05, 4.69) is 52.8 Å². The van der Waals surface area contributed by atoms with Gasteiger partial charge in [-0.2, -0.15) is 20.2 Å². The molecule has 2 aliphatic heterocycles. The SMILES string of the molecule is CS(=O)(=O)O.CSCCN1CCN(c2nnc3n2-c2sc(Br)cc2C(c2ccccc2Cl)=NC3)CC1. The molecule has 0 amide bonds. The molecule has 14 heteroatoms. The van der Waals surface area contributed by atoms with Crippen LogP contribution in [0.15, 0.2) is 39.1 Å². The van der Waals surface area contributed by atoms with Crippen LogP contribution >= 0.6 is 50.6 Å². The average Bonchev–Trinajstić information content (AvgIpc) is 3.38. The molecular weight excluding hydrogens is 608 g/mol. The van der Waals surface area contributed by atoms with Crippen LogP contribution in [0.1, 0.15) is 17.0 Å². The fourth-order valence-electron chi connectivity index (χ4n) is 4.02. The molecular formula is C22H26BrClN6O3S3. The van der Waals surface area contributed by atoms with Crippen molar-refractivity contribution in [1.29, 1.82) is 0 Å². The van der Waals surface area contributed by atoms with E-state index in [1.165, 1.54) is 5.75 Å². The van der Waals surface area contributed by atoms with Gasteiger partial charge in [0.25, 0.3) is 10.1 Å². The molecule has 3 aromatic rings. The van der Waals surface area contributed by atoms with Crippen LogP contribution in [0.4, 0.5) is 5.95 Å². The number of thioether (sulfide) groups is 1. The quantitative estimate of drug-likeness (QED) is 0.420. The summed E-state index contributed by atoms with van der Waals surface area (Å²) in [6.07, 6.45) is 2.88. The molecule has 1 saturated heterocycles. The maximum Gasteiger partial charge on any atom is 0.261 e. The van der Waals surface area contributed by atoms with Gasteiger partial charge in [0.1, 0.15) is 11.5 Å². The smallest absolute Gasteiger partial charge is 0.261 e. The zero-order chi connectivity index (χ0) is 25.9. The zero-order valence-electron chi connectivity index (χ0n) is 19.8. The predicted octanol–water partition coefficient (Wildman–Crippen LogP) is 4.08. The van der Waals surface area contributed by atoms with Crippen molar-refractivity contribution < 1.29 is 13.0 Å².